The van der Waals surface area contributed by atoms with Crippen LogP contribution in [0.1, 0.15) is 54.1 Å². The number of hydrogen-bond acceptors (Lipinski definition) is 4. The van der Waals surface area contributed by atoms with Crippen molar-refractivity contribution >= 4 is 0 Å². The molecule has 2 aromatic rings. The van der Waals surface area contributed by atoms with Crippen LogP contribution in [0.4, 0.5) is 0 Å². The highest BCUT2D eigenvalue weighted by Crippen LogP contribution is 2.35. The maximum atomic E-state index is 5.45. The van der Waals surface area contributed by atoms with E-state index < -0.39 is 0 Å². The van der Waals surface area contributed by atoms with E-state index in [0.29, 0.717) is 12.0 Å². The molecule has 4 heteroatoms. The Kier molecular flexibility index (Phi) is 3.03. The normalized spacial score (nSPS) is 25.0. The monoisotopic (exact) mass is 269 g/mol. The van der Waals surface area contributed by atoms with Gasteiger partial charge in [0.05, 0.1) is 6.04 Å². The molecule has 2 heterocycles. The van der Waals surface area contributed by atoms with Gasteiger partial charge in [-0.15, -0.1) is 0 Å². The van der Waals surface area contributed by atoms with Gasteiger partial charge in [-0.05, 0) is 49.3 Å². The molecule has 2 atom stereocenters. The molecule has 1 fully saturated rings. The molecule has 1 aliphatic heterocycles. The molecular formula is C16H19N3O. The average Bonchev–Trinajstić information content (AvgIpc) is 3.19. The fraction of sp³-hybridized carbons (Fsp3) is 0.500. The van der Waals surface area contributed by atoms with E-state index in [1.807, 2.05) is 0 Å². The Bertz CT molecular complexity index is 601. The van der Waals surface area contributed by atoms with E-state index in [4.69, 9.17) is 4.52 Å². The molecule has 104 valence electrons. The molecule has 1 saturated heterocycles. The molecule has 0 radical (unpaired) electrons. The summed E-state index contributed by atoms with van der Waals surface area (Å²) < 4.78 is 5.45. The van der Waals surface area contributed by atoms with Crippen LogP contribution in [0.25, 0.3) is 0 Å². The van der Waals surface area contributed by atoms with E-state index in [1.165, 1.54) is 30.4 Å². The largest absolute Gasteiger partial charge is 0.339 e. The topological polar surface area (TPSA) is 51.0 Å². The number of aromatic nitrogens is 2. The zero-order valence-corrected chi connectivity index (χ0v) is 11.5. The number of aryl methyl sites for hydroxylation is 1. The van der Waals surface area contributed by atoms with Gasteiger partial charge in [-0.25, -0.2) is 0 Å². The van der Waals surface area contributed by atoms with Crippen LogP contribution in [0.5, 0.6) is 0 Å². The molecule has 1 aromatic heterocycles. The minimum Gasteiger partial charge on any atom is -0.339 e. The van der Waals surface area contributed by atoms with Crippen molar-refractivity contribution < 1.29 is 4.52 Å². The van der Waals surface area contributed by atoms with Gasteiger partial charge in [0.15, 0.2) is 5.82 Å². The van der Waals surface area contributed by atoms with Crippen LogP contribution >= 0.6 is 0 Å². The van der Waals surface area contributed by atoms with Crippen molar-refractivity contribution in [2.75, 3.05) is 6.54 Å². The van der Waals surface area contributed by atoms with Crippen LogP contribution in [0, 0.1) is 0 Å². The van der Waals surface area contributed by atoms with Crippen molar-refractivity contribution in [3.8, 4) is 0 Å². The molecule has 4 rings (SSSR count). The molecule has 1 N–H and O–H groups in total. The first kappa shape index (κ1) is 12.1. The minimum atomic E-state index is 0.295. The molecule has 2 unspecified atom stereocenters. The van der Waals surface area contributed by atoms with Gasteiger partial charge in [-0.2, -0.15) is 4.98 Å². The number of rotatable bonds is 3. The Labute approximate surface area is 118 Å². The van der Waals surface area contributed by atoms with E-state index in [9.17, 15) is 0 Å². The predicted molar refractivity (Wildman–Crippen MR) is 75.5 cm³/mol. The summed E-state index contributed by atoms with van der Waals surface area (Å²) in [5.74, 6) is 2.16. The molecule has 2 aliphatic rings. The lowest BCUT2D eigenvalue weighted by atomic mass is 9.98. The van der Waals surface area contributed by atoms with Crippen molar-refractivity contribution in [1.29, 1.82) is 0 Å². The zero-order valence-electron chi connectivity index (χ0n) is 11.5. The first-order valence-electron chi connectivity index (χ1n) is 7.54. The maximum absolute atomic E-state index is 5.45. The molecule has 0 bridgehead atoms. The van der Waals surface area contributed by atoms with Crippen molar-refractivity contribution in [3.63, 3.8) is 0 Å². The molecular weight excluding hydrogens is 250 g/mol. The first-order chi connectivity index (χ1) is 9.90. The third-order valence-corrected chi connectivity index (χ3v) is 4.53. The second-order valence-electron chi connectivity index (χ2n) is 5.83. The maximum Gasteiger partial charge on any atom is 0.227 e. The Morgan fingerprint density at radius 1 is 1.25 bits per heavy atom. The highest BCUT2D eigenvalue weighted by molar-refractivity contribution is 5.35. The van der Waals surface area contributed by atoms with Gasteiger partial charge in [0.1, 0.15) is 0 Å². The lowest BCUT2D eigenvalue weighted by molar-refractivity contribution is 0.359. The van der Waals surface area contributed by atoms with Crippen molar-refractivity contribution in [1.82, 2.24) is 15.5 Å². The highest BCUT2D eigenvalue weighted by Gasteiger charge is 2.26. The van der Waals surface area contributed by atoms with Crippen LogP contribution in [-0.2, 0) is 12.8 Å². The Hall–Kier alpha value is -1.68. The fourth-order valence-corrected chi connectivity index (χ4v) is 3.47. The van der Waals surface area contributed by atoms with Crippen LogP contribution in [0.3, 0.4) is 0 Å². The van der Waals surface area contributed by atoms with Gasteiger partial charge in [-0.1, -0.05) is 29.4 Å². The molecule has 0 amide bonds. The molecule has 0 saturated carbocycles. The number of hydrogen-bond donors (Lipinski definition) is 1. The van der Waals surface area contributed by atoms with Gasteiger partial charge in [0.25, 0.3) is 0 Å². The number of nitrogens with one attached hydrogen (secondary N) is 1. The van der Waals surface area contributed by atoms with E-state index in [1.54, 1.807) is 0 Å². The summed E-state index contributed by atoms with van der Waals surface area (Å²) in [6, 6.07) is 9.01. The first-order valence-corrected chi connectivity index (χ1v) is 7.54. The molecule has 20 heavy (non-hydrogen) atoms. The second-order valence-corrected chi connectivity index (χ2v) is 5.83. The third kappa shape index (κ3) is 2.14. The highest BCUT2D eigenvalue weighted by atomic mass is 16.5. The number of benzene rings is 1. The smallest absolute Gasteiger partial charge is 0.227 e. The van der Waals surface area contributed by atoms with E-state index in [2.05, 4.69) is 39.7 Å². The minimum absolute atomic E-state index is 0.295. The van der Waals surface area contributed by atoms with Gasteiger partial charge in [-0.3, -0.25) is 0 Å². The van der Waals surface area contributed by atoms with Crippen LogP contribution in [0.15, 0.2) is 28.8 Å². The van der Waals surface area contributed by atoms with Crippen LogP contribution in [-0.4, -0.2) is 16.7 Å². The fourth-order valence-electron chi connectivity index (χ4n) is 3.47. The molecule has 1 aromatic carbocycles. The number of fused-ring (bicyclic) bond motifs is 1. The summed E-state index contributed by atoms with van der Waals surface area (Å²) in [7, 11) is 0. The van der Waals surface area contributed by atoms with Crippen LogP contribution in [0.2, 0.25) is 0 Å². The van der Waals surface area contributed by atoms with Crippen molar-refractivity contribution in [3.05, 3.63) is 47.1 Å². The Morgan fingerprint density at radius 3 is 3.10 bits per heavy atom. The van der Waals surface area contributed by atoms with Crippen molar-refractivity contribution in [2.24, 2.45) is 0 Å². The molecule has 0 spiro atoms. The lowest BCUT2D eigenvalue weighted by Gasteiger charge is -2.07. The summed E-state index contributed by atoms with van der Waals surface area (Å²) in [5.41, 5.74) is 2.95. The predicted octanol–water partition coefficient (Wildman–Crippen LogP) is 2.77. The second kappa shape index (κ2) is 5.02. The molecule has 1 aliphatic carbocycles. The van der Waals surface area contributed by atoms with Gasteiger partial charge >= 0.3 is 0 Å². The quantitative estimate of drug-likeness (QED) is 0.931. The standard InChI is InChI=1S/C16H19N3O/c1-2-5-13-11(4-1)7-8-12(13)10-15-18-16(19-20-15)14-6-3-9-17-14/h1-2,4-5,12,14,17H,3,6-10H2. The average molecular weight is 269 g/mol. The zero-order chi connectivity index (χ0) is 13.4. The SMILES string of the molecule is c1ccc2c(c1)CCC2Cc1nc(C2CCCN2)no1. The summed E-state index contributed by atoms with van der Waals surface area (Å²) in [4.78, 5) is 4.59. The van der Waals surface area contributed by atoms with Gasteiger partial charge in [0, 0.05) is 6.42 Å². The summed E-state index contributed by atoms with van der Waals surface area (Å²) >= 11 is 0. The van der Waals surface area contributed by atoms with Crippen LogP contribution < -0.4 is 5.32 Å². The number of nitrogens with zero attached hydrogens (tertiary/aromatic N) is 2. The van der Waals surface area contributed by atoms with E-state index >= 15 is 0 Å². The summed E-state index contributed by atoms with van der Waals surface area (Å²) in [6.07, 6.45) is 5.55. The summed E-state index contributed by atoms with van der Waals surface area (Å²) in [5, 5.41) is 7.56. The summed E-state index contributed by atoms with van der Waals surface area (Å²) in [6.45, 7) is 1.06. The lowest BCUT2D eigenvalue weighted by Crippen LogP contribution is -2.14. The van der Waals surface area contributed by atoms with E-state index in [-0.39, 0.29) is 0 Å². The van der Waals surface area contributed by atoms with Crippen molar-refractivity contribution in [2.45, 2.75) is 44.1 Å². The Morgan fingerprint density at radius 2 is 2.20 bits per heavy atom. The van der Waals surface area contributed by atoms with E-state index in [0.717, 1.165) is 31.1 Å². The molecule has 4 nitrogen and oxygen atoms in total. The van der Waals surface area contributed by atoms with Gasteiger partial charge < -0.3 is 9.84 Å². The third-order valence-electron chi connectivity index (χ3n) is 4.53. The Balaban J connectivity index is 1.50. The van der Waals surface area contributed by atoms with Gasteiger partial charge in [0.2, 0.25) is 5.89 Å².